The maximum Gasteiger partial charge on any atom is 0.185 e. The van der Waals surface area contributed by atoms with Crippen LogP contribution in [0.15, 0.2) is 42.4 Å². The van der Waals surface area contributed by atoms with Gasteiger partial charge in [-0.15, -0.1) is 10.2 Å². The molecule has 1 aromatic carbocycles. The Kier molecular flexibility index (Phi) is 4.24. The first-order valence-electron chi connectivity index (χ1n) is 9.55. The fraction of sp³-hybridized carbons (Fsp3) is 0.333. The van der Waals surface area contributed by atoms with Gasteiger partial charge in [0, 0.05) is 29.9 Å². The number of phenols is 1. The number of rotatable bonds is 2. The molecule has 0 amide bonds. The molecule has 7 heteroatoms. The third-order valence-corrected chi connectivity index (χ3v) is 5.62. The molecule has 2 aliphatic rings. The number of fused-ring (bicyclic) bond motifs is 3. The average molecular weight is 377 g/mol. The Bertz CT molecular complexity index is 1050. The van der Waals surface area contributed by atoms with Gasteiger partial charge in [0.25, 0.3) is 0 Å². The van der Waals surface area contributed by atoms with Crippen molar-refractivity contribution in [2.75, 3.05) is 0 Å². The molecule has 2 fully saturated rings. The second-order valence-electron chi connectivity index (χ2n) is 7.52. The molecule has 0 aliphatic carbocycles. The van der Waals surface area contributed by atoms with Crippen LogP contribution < -0.4 is 5.32 Å². The molecule has 5 rings (SSSR count). The van der Waals surface area contributed by atoms with Crippen LogP contribution in [0.3, 0.4) is 0 Å². The number of halogens is 1. The van der Waals surface area contributed by atoms with E-state index in [1.54, 1.807) is 30.7 Å². The van der Waals surface area contributed by atoms with Crippen molar-refractivity contribution >= 4 is 16.8 Å². The van der Waals surface area contributed by atoms with E-state index in [-0.39, 0.29) is 11.8 Å². The third kappa shape index (κ3) is 3.11. The van der Waals surface area contributed by atoms with Gasteiger partial charge >= 0.3 is 0 Å². The van der Waals surface area contributed by atoms with Gasteiger partial charge in [0.15, 0.2) is 5.82 Å². The molecule has 0 spiro atoms. The van der Waals surface area contributed by atoms with E-state index in [4.69, 9.17) is 0 Å². The number of piperidine rings is 2. The van der Waals surface area contributed by atoms with Crippen molar-refractivity contribution in [3.8, 4) is 17.1 Å². The number of nitrogens with zero attached hydrogens (tertiary/aromatic N) is 4. The van der Waals surface area contributed by atoms with Crippen molar-refractivity contribution in [2.45, 2.75) is 43.9 Å². The molecular formula is C21H20FN5O. The van der Waals surface area contributed by atoms with Gasteiger partial charge in [-0.05, 0) is 54.5 Å². The number of aromatic nitrogens is 4. The van der Waals surface area contributed by atoms with Gasteiger partial charge in [-0.3, -0.25) is 4.98 Å². The minimum absolute atomic E-state index is 0.0726. The second-order valence-corrected chi connectivity index (χ2v) is 7.52. The number of pyridine rings is 1. The van der Waals surface area contributed by atoms with Gasteiger partial charge in [-0.25, -0.2) is 9.37 Å². The highest BCUT2D eigenvalue weighted by molar-refractivity contribution is 5.88. The summed E-state index contributed by atoms with van der Waals surface area (Å²) in [5.41, 5.74) is 1.80. The monoisotopic (exact) mass is 377 g/mol. The molecule has 2 saturated heterocycles. The summed E-state index contributed by atoms with van der Waals surface area (Å²) in [5, 5.41) is 23.8. The van der Waals surface area contributed by atoms with Crippen molar-refractivity contribution in [1.82, 2.24) is 25.5 Å². The molecule has 28 heavy (non-hydrogen) atoms. The van der Waals surface area contributed by atoms with Crippen molar-refractivity contribution in [1.29, 1.82) is 0 Å². The van der Waals surface area contributed by atoms with E-state index < -0.39 is 6.17 Å². The Balaban J connectivity index is 1.44. The van der Waals surface area contributed by atoms with Gasteiger partial charge in [-0.2, -0.15) is 0 Å². The molecule has 6 nitrogen and oxygen atoms in total. The first-order chi connectivity index (χ1) is 13.7. The number of hydrogen-bond donors (Lipinski definition) is 2. The van der Waals surface area contributed by atoms with Crippen molar-refractivity contribution in [2.24, 2.45) is 0 Å². The highest BCUT2D eigenvalue weighted by Gasteiger charge is 2.36. The SMILES string of the molecule is Oc1cc2cnccc2cc1-c1ncc(/C=C2\CC3CCCC(N3)[C@H]2F)nn1. The molecule has 142 valence electrons. The standard InChI is InChI=1S/C21H20FN5O/c22-20-13(6-15-2-1-3-18(20)25-15)7-16-11-24-21(27-26-16)17-8-12-4-5-23-10-14(12)9-19(17)28/h4-5,7-11,15,18,20,25,28H,1-3,6H2/b13-7+/t15?,18?,20-/m0/s1. The average Bonchev–Trinajstić information content (AvgIpc) is 2.72. The minimum Gasteiger partial charge on any atom is -0.507 e. The predicted molar refractivity (Wildman–Crippen MR) is 104 cm³/mol. The van der Waals surface area contributed by atoms with Crippen LogP contribution in [-0.4, -0.2) is 43.5 Å². The summed E-state index contributed by atoms with van der Waals surface area (Å²) in [6, 6.07) is 5.56. The molecule has 2 unspecified atom stereocenters. The highest BCUT2D eigenvalue weighted by atomic mass is 19.1. The van der Waals surface area contributed by atoms with Gasteiger partial charge in [0.05, 0.1) is 11.8 Å². The van der Waals surface area contributed by atoms with E-state index in [0.717, 1.165) is 35.6 Å². The van der Waals surface area contributed by atoms with Crippen LogP contribution in [0.25, 0.3) is 28.2 Å². The molecule has 2 aromatic heterocycles. The first kappa shape index (κ1) is 17.2. The van der Waals surface area contributed by atoms with Crippen LogP contribution in [-0.2, 0) is 0 Å². The largest absolute Gasteiger partial charge is 0.507 e. The summed E-state index contributed by atoms with van der Waals surface area (Å²) < 4.78 is 14.7. The number of alkyl halides is 1. The quantitative estimate of drug-likeness (QED) is 0.712. The topological polar surface area (TPSA) is 83.8 Å². The van der Waals surface area contributed by atoms with Crippen LogP contribution in [0.4, 0.5) is 4.39 Å². The number of phenolic OH excluding ortho intramolecular Hbond substituents is 1. The van der Waals surface area contributed by atoms with E-state index in [2.05, 4.69) is 25.5 Å². The Labute approximate surface area is 161 Å². The smallest absolute Gasteiger partial charge is 0.185 e. The summed E-state index contributed by atoms with van der Waals surface area (Å²) in [6.45, 7) is 0. The lowest BCUT2D eigenvalue weighted by Crippen LogP contribution is -2.52. The summed E-state index contributed by atoms with van der Waals surface area (Å²) >= 11 is 0. The van der Waals surface area contributed by atoms with E-state index >= 15 is 0 Å². The fourth-order valence-corrected chi connectivity index (χ4v) is 4.21. The van der Waals surface area contributed by atoms with Crippen molar-refractivity contribution in [3.63, 3.8) is 0 Å². The van der Waals surface area contributed by atoms with E-state index in [1.165, 1.54) is 0 Å². The lowest BCUT2D eigenvalue weighted by Gasteiger charge is -2.39. The van der Waals surface area contributed by atoms with Crippen LogP contribution >= 0.6 is 0 Å². The zero-order chi connectivity index (χ0) is 19.1. The number of benzene rings is 1. The predicted octanol–water partition coefficient (Wildman–Crippen LogP) is 3.43. The second kappa shape index (κ2) is 6.91. The van der Waals surface area contributed by atoms with Crippen molar-refractivity contribution in [3.05, 3.63) is 48.1 Å². The van der Waals surface area contributed by atoms with Crippen LogP contribution in [0.2, 0.25) is 0 Å². The Morgan fingerprint density at radius 1 is 1.14 bits per heavy atom. The Hall–Kier alpha value is -2.93. The summed E-state index contributed by atoms with van der Waals surface area (Å²) in [7, 11) is 0. The molecular weight excluding hydrogens is 357 g/mol. The maximum atomic E-state index is 14.7. The van der Waals surface area contributed by atoms with Gasteiger partial charge in [-0.1, -0.05) is 6.42 Å². The summed E-state index contributed by atoms with van der Waals surface area (Å²) in [4.78, 5) is 8.40. The molecule has 2 bridgehead atoms. The minimum atomic E-state index is -0.990. The maximum absolute atomic E-state index is 14.7. The molecule has 0 radical (unpaired) electrons. The van der Waals surface area contributed by atoms with Crippen LogP contribution in [0, 0.1) is 0 Å². The first-order valence-corrected chi connectivity index (χ1v) is 9.55. The van der Waals surface area contributed by atoms with E-state index in [1.807, 2.05) is 12.1 Å². The highest BCUT2D eigenvalue weighted by Crippen LogP contribution is 2.33. The molecule has 2 N–H and O–H groups in total. The molecule has 3 aromatic rings. The van der Waals surface area contributed by atoms with Gasteiger partial charge in [0.2, 0.25) is 0 Å². The normalized spacial score (nSPS) is 25.9. The van der Waals surface area contributed by atoms with Crippen LogP contribution in [0.5, 0.6) is 5.75 Å². The zero-order valence-corrected chi connectivity index (χ0v) is 15.2. The van der Waals surface area contributed by atoms with Gasteiger partial charge in [0.1, 0.15) is 17.6 Å². The fourth-order valence-electron chi connectivity index (χ4n) is 4.21. The zero-order valence-electron chi connectivity index (χ0n) is 15.2. The van der Waals surface area contributed by atoms with E-state index in [0.29, 0.717) is 29.5 Å². The summed E-state index contributed by atoms with van der Waals surface area (Å²) in [5.74, 6) is 0.403. The number of nitrogens with one attached hydrogen (secondary N) is 1. The third-order valence-electron chi connectivity index (χ3n) is 5.62. The van der Waals surface area contributed by atoms with Crippen molar-refractivity contribution < 1.29 is 9.50 Å². The molecule has 2 aliphatic heterocycles. The lowest BCUT2D eigenvalue weighted by molar-refractivity contribution is 0.179. The molecule has 4 heterocycles. The number of aromatic hydroxyl groups is 1. The lowest BCUT2D eigenvalue weighted by atomic mass is 9.82. The van der Waals surface area contributed by atoms with Crippen LogP contribution in [0.1, 0.15) is 31.4 Å². The Morgan fingerprint density at radius 3 is 2.93 bits per heavy atom. The summed E-state index contributed by atoms with van der Waals surface area (Å²) in [6.07, 6.45) is 9.47. The van der Waals surface area contributed by atoms with Gasteiger partial charge < -0.3 is 10.4 Å². The number of hydrogen-bond acceptors (Lipinski definition) is 6. The van der Waals surface area contributed by atoms with E-state index in [9.17, 15) is 9.50 Å². The Morgan fingerprint density at radius 2 is 2.07 bits per heavy atom. The molecule has 0 saturated carbocycles. The molecule has 3 atom stereocenters.